The number of likely N-dealkylation sites (N-methyl/N-ethyl adjacent to an activating group) is 1. The Balaban J connectivity index is 1.33. The molecule has 8 nitrogen and oxygen atoms in total. The smallest absolute Gasteiger partial charge is 0.148 e. The minimum Gasteiger partial charge on any atom is -0.492 e. The molecular weight excluding hydrogens is 476 g/mol. The summed E-state index contributed by atoms with van der Waals surface area (Å²) >= 11 is 0. The number of aromatic nitrogens is 2. The van der Waals surface area contributed by atoms with Gasteiger partial charge in [-0.25, -0.2) is 18.4 Å². The molecule has 0 unspecified atom stereocenters. The second-order valence-corrected chi connectivity index (χ2v) is 10.9. The zero-order valence-corrected chi connectivity index (χ0v) is 21.2. The van der Waals surface area contributed by atoms with E-state index in [1.807, 2.05) is 84.7 Å². The first-order valence-electron chi connectivity index (χ1n) is 11.6. The van der Waals surface area contributed by atoms with Gasteiger partial charge in [0.05, 0.1) is 11.3 Å². The van der Waals surface area contributed by atoms with Crippen molar-refractivity contribution in [1.29, 1.82) is 0 Å². The summed E-state index contributed by atoms with van der Waals surface area (Å²) in [6, 6.07) is 23.5. The molecule has 0 saturated heterocycles. The molecule has 36 heavy (non-hydrogen) atoms. The third-order valence-electron chi connectivity index (χ3n) is 5.56. The van der Waals surface area contributed by atoms with E-state index in [9.17, 15) is 8.42 Å². The van der Waals surface area contributed by atoms with Crippen molar-refractivity contribution in [2.45, 2.75) is 6.61 Å². The van der Waals surface area contributed by atoms with Crippen LogP contribution >= 0.6 is 0 Å². The van der Waals surface area contributed by atoms with Crippen molar-refractivity contribution in [3.8, 4) is 11.5 Å². The minimum atomic E-state index is -2.97. The standard InChI is InChI=1S/C27H30N4O4S/c1-31(15-17-36(2,32)33)14-16-34-24-12-13-25-26(18-24)28-20-29-27(25)30-22-8-10-23(11-9-22)35-19-21-6-4-3-5-7-21/h3-13,18,20H,14-17,19H2,1-2H3,(H,28,29,30). The molecule has 4 rings (SSSR count). The van der Waals surface area contributed by atoms with Crippen molar-refractivity contribution in [1.82, 2.24) is 14.9 Å². The summed E-state index contributed by atoms with van der Waals surface area (Å²) in [5.41, 5.74) is 2.77. The fourth-order valence-corrected chi connectivity index (χ4v) is 4.13. The van der Waals surface area contributed by atoms with Gasteiger partial charge >= 0.3 is 0 Å². The molecule has 0 aliphatic carbocycles. The van der Waals surface area contributed by atoms with Crippen LogP contribution in [0, 0.1) is 0 Å². The molecule has 0 spiro atoms. The van der Waals surface area contributed by atoms with Crippen LogP contribution in [0.4, 0.5) is 11.5 Å². The minimum absolute atomic E-state index is 0.135. The van der Waals surface area contributed by atoms with Crippen LogP contribution in [0.5, 0.6) is 11.5 Å². The maximum atomic E-state index is 11.3. The Morgan fingerprint density at radius 1 is 0.889 bits per heavy atom. The lowest BCUT2D eigenvalue weighted by Gasteiger charge is -2.16. The lowest BCUT2D eigenvalue weighted by atomic mass is 10.2. The molecule has 0 atom stereocenters. The molecule has 0 aliphatic rings. The number of anilines is 2. The number of hydrogen-bond acceptors (Lipinski definition) is 8. The van der Waals surface area contributed by atoms with Gasteiger partial charge < -0.3 is 19.7 Å². The molecule has 0 bridgehead atoms. The average molecular weight is 507 g/mol. The van der Waals surface area contributed by atoms with Crippen LogP contribution in [0.1, 0.15) is 5.56 Å². The predicted octanol–water partition coefficient (Wildman–Crippen LogP) is 4.31. The molecule has 1 N–H and O–H groups in total. The van der Waals surface area contributed by atoms with Crippen LogP contribution in [-0.4, -0.2) is 62.0 Å². The molecular formula is C27H30N4O4S. The van der Waals surface area contributed by atoms with E-state index >= 15 is 0 Å². The predicted molar refractivity (Wildman–Crippen MR) is 143 cm³/mol. The highest BCUT2D eigenvalue weighted by molar-refractivity contribution is 7.90. The monoisotopic (exact) mass is 506 g/mol. The molecule has 1 aromatic heterocycles. The summed E-state index contributed by atoms with van der Waals surface area (Å²) in [5, 5.41) is 4.22. The van der Waals surface area contributed by atoms with Gasteiger partial charge in [-0.1, -0.05) is 30.3 Å². The second kappa shape index (κ2) is 11.8. The number of nitrogens with zero attached hydrogens (tertiary/aromatic N) is 3. The summed E-state index contributed by atoms with van der Waals surface area (Å²) in [7, 11) is -1.09. The molecule has 0 amide bonds. The van der Waals surface area contributed by atoms with E-state index in [2.05, 4.69) is 15.3 Å². The average Bonchev–Trinajstić information content (AvgIpc) is 2.87. The highest BCUT2D eigenvalue weighted by atomic mass is 32.2. The van der Waals surface area contributed by atoms with Crippen molar-refractivity contribution in [2.75, 3.05) is 44.1 Å². The van der Waals surface area contributed by atoms with Gasteiger partial charge in [-0.05, 0) is 49.0 Å². The largest absolute Gasteiger partial charge is 0.492 e. The van der Waals surface area contributed by atoms with Gasteiger partial charge in [0.25, 0.3) is 0 Å². The van der Waals surface area contributed by atoms with Crippen LogP contribution in [0.2, 0.25) is 0 Å². The number of nitrogens with one attached hydrogen (secondary N) is 1. The highest BCUT2D eigenvalue weighted by Crippen LogP contribution is 2.27. The first-order chi connectivity index (χ1) is 17.4. The van der Waals surface area contributed by atoms with Gasteiger partial charge in [0.1, 0.15) is 46.7 Å². The van der Waals surface area contributed by atoms with Gasteiger partial charge in [-0.3, -0.25) is 0 Å². The number of fused-ring (bicyclic) bond motifs is 1. The lowest BCUT2D eigenvalue weighted by Crippen LogP contribution is -2.29. The quantitative estimate of drug-likeness (QED) is 0.304. The van der Waals surface area contributed by atoms with Crippen LogP contribution in [0.25, 0.3) is 10.9 Å². The molecule has 4 aromatic rings. The molecule has 3 aromatic carbocycles. The molecule has 0 radical (unpaired) electrons. The number of hydrogen-bond donors (Lipinski definition) is 1. The van der Waals surface area contributed by atoms with Crippen molar-refractivity contribution in [3.63, 3.8) is 0 Å². The van der Waals surface area contributed by atoms with E-state index in [-0.39, 0.29) is 5.75 Å². The number of benzene rings is 3. The fraction of sp³-hybridized carbons (Fsp3) is 0.259. The van der Waals surface area contributed by atoms with Crippen molar-refractivity contribution in [2.24, 2.45) is 0 Å². The van der Waals surface area contributed by atoms with Crippen molar-refractivity contribution < 1.29 is 17.9 Å². The summed E-state index contributed by atoms with van der Waals surface area (Å²) in [6.07, 6.45) is 2.76. The Morgan fingerprint density at radius 2 is 1.64 bits per heavy atom. The van der Waals surface area contributed by atoms with Gasteiger partial charge in [0.2, 0.25) is 0 Å². The third kappa shape index (κ3) is 7.66. The molecule has 1 heterocycles. The zero-order chi connectivity index (χ0) is 25.4. The first-order valence-corrected chi connectivity index (χ1v) is 13.7. The highest BCUT2D eigenvalue weighted by Gasteiger charge is 2.08. The van der Waals surface area contributed by atoms with Crippen LogP contribution in [0.3, 0.4) is 0 Å². The topological polar surface area (TPSA) is 93.7 Å². The maximum absolute atomic E-state index is 11.3. The second-order valence-electron chi connectivity index (χ2n) is 8.61. The molecule has 9 heteroatoms. The summed E-state index contributed by atoms with van der Waals surface area (Å²) in [5.74, 6) is 2.32. The van der Waals surface area contributed by atoms with E-state index in [4.69, 9.17) is 9.47 Å². The lowest BCUT2D eigenvalue weighted by molar-refractivity contribution is 0.244. The van der Waals surface area contributed by atoms with E-state index in [1.54, 1.807) is 0 Å². The molecule has 0 fully saturated rings. The Morgan fingerprint density at radius 3 is 2.39 bits per heavy atom. The Kier molecular flexibility index (Phi) is 8.35. The van der Waals surface area contributed by atoms with Crippen LogP contribution in [0.15, 0.2) is 79.1 Å². The van der Waals surface area contributed by atoms with Gasteiger partial charge in [-0.15, -0.1) is 0 Å². The van der Waals surface area contributed by atoms with Gasteiger partial charge in [0.15, 0.2) is 0 Å². The first kappa shape index (κ1) is 25.4. The van der Waals surface area contributed by atoms with E-state index in [0.717, 1.165) is 27.9 Å². The zero-order valence-electron chi connectivity index (χ0n) is 20.4. The van der Waals surface area contributed by atoms with Crippen LogP contribution in [-0.2, 0) is 16.4 Å². The normalized spacial score (nSPS) is 11.5. The Hall–Kier alpha value is -3.69. The number of sulfone groups is 1. The van der Waals surface area contributed by atoms with Crippen molar-refractivity contribution in [3.05, 3.63) is 84.7 Å². The molecule has 188 valence electrons. The van der Waals surface area contributed by atoms with Gasteiger partial charge in [0, 0.05) is 36.5 Å². The molecule has 0 aliphatic heterocycles. The van der Waals surface area contributed by atoms with Crippen molar-refractivity contribution >= 4 is 32.2 Å². The third-order valence-corrected chi connectivity index (χ3v) is 6.48. The molecule has 0 saturated carbocycles. The van der Waals surface area contributed by atoms with E-state index in [0.29, 0.717) is 37.9 Å². The summed E-state index contributed by atoms with van der Waals surface area (Å²) < 4.78 is 34.3. The number of ether oxygens (including phenoxy) is 2. The summed E-state index contributed by atoms with van der Waals surface area (Å²) in [6.45, 7) is 2.06. The SMILES string of the molecule is CN(CCOc1ccc2c(Nc3ccc(OCc4ccccc4)cc3)ncnc2c1)CCS(C)(=O)=O. The fourth-order valence-electron chi connectivity index (χ4n) is 3.49. The maximum Gasteiger partial charge on any atom is 0.148 e. The summed E-state index contributed by atoms with van der Waals surface area (Å²) in [4.78, 5) is 10.7. The van der Waals surface area contributed by atoms with E-state index < -0.39 is 9.84 Å². The van der Waals surface area contributed by atoms with Gasteiger partial charge in [-0.2, -0.15) is 0 Å². The Labute approximate surface area is 211 Å². The van der Waals surface area contributed by atoms with E-state index in [1.165, 1.54) is 12.6 Å². The Bertz CT molecular complexity index is 1380. The number of rotatable bonds is 12. The van der Waals surface area contributed by atoms with Crippen LogP contribution < -0.4 is 14.8 Å².